The van der Waals surface area contributed by atoms with Gasteiger partial charge in [-0.2, -0.15) is 0 Å². The van der Waals surface area contributed by atoms with Gasteiger partial charge in [-0.3, -0.25) is 14.5 Å². The van der Waals surface area contributed by atoms with Gasteiger partial charge in [0, 0.05) is 37.8 Å². The third-order valence-corrected chi connectivity index (χ3v) is 5.71. The van der Waals surface area contributed by atoms with E-state index in [2.05, 4.69) is 10.2 Å². The van der Waals surface area contributed by atoms with Crippen LogP contribution in [0.5, 0.6) is 0 Å². The Morgan fingerprint density at radius 3 is 2.12 bits per heavy atom. The van der Waals surface area contributed by atoms with E-state index >= 15 is 0 Å². The number of nitrogens with zero attached hydrogens (tertiary/aromatic N) is 2. The van der Waals surface area contributed by atoms with E-state index in [4.69, 9.17) is 0 Å². The molecule has 0 radical (unpaired) electrons. The van der Waals surface area contributed by atoms with Crippen LogP contribution < -0.4 is 5.32 Å². The highest BCUT2D eigenvalue weighted by molar-refractivity contribution is 5.94. The first kappa shape index (κ1) is 17.5. The topological polar surface area (TPSA) is 52.7 Å². The molecule has 0 spiro atoms. The second-order valence-corrected chi connectivity index (χ2v) is 7.84. The molecule has 26 heavy (non-hydrogen) atoms. The van der Waals surface area contributed by atoms with Crippen molar-refractivity contribution in [2.24, 2.45) is 11.8 Å². The summed E-state index contributed by atoms with van der Waals surface area (Å²) in [6.45, 7) is 2.99. The molecule has 0 aromatic heterocycles. The van der Waals surface area contributed by atoms with Crippen molar-refractivity contribution in [1.82, 2.24) is 15.1 Å². The summed E-state index contributed by atoms with van der Waals surface area (Å²) >= 11 is 0. The third kappa shape index (κ3) is 4.23. The molecule has 4 rings (SSSR count). The summed E-state index contributed by atoms with van der Waals surface area (Å²) in [5.41, 5.74) is 0.509. The van der Waals surface area contributed by atoms with E-state index in [0.717, 1.165) is 0 Å². The number of hydrogen-bond acceptors (Lipinski definition) is 3. The van der Waals surface area contributed by atoms with Gasteiger partial charge < -0.3 is 10.2 Å². The molecule has 2 saturated carbocycles. The standard InChI is InChI=1S/C20H26FN3O2/c21-17-7-5-16(6-8-17)20(26)24-11-9-23(10-12-24)13-18(25)22-19(14-1-2-14)15-3-4-15/h5-8,14-15,19H,1-4,9-13H2,(H,22,25). The lowest BCUT2D eigenvalue weighted by Crippen LogP contribution is -2.52. The summed E-state index contributed by atoms with van der Waals surface area (Å²) in [5, 5.41) is 3.26. The Morgan fingerprint density at radius 1 is 1.00 bits per heavy atom. The summed E-state index contributed by atoms with van der Waals surface area (Å²) in [5.74, 6) is 1.12. The highest BCUT2D eigenvalue weighted by atomic mass is 19.1. The van der Waals surface area contributed by atoms with Crippen molar-refractivity contribution in [2.75, 3.05) is 32.7 Å². The van der Waals surface area contributed by atoms with Crippen molar-refractivity contribution in [3.05, 3.63) is 35.6 Å². The van der Waals surface area contributed by atoms with Crippen LogP contribution >= 0.6 is 0 Å². The normalized spacial score (nSPS) is 21.1. The lowest BCUT2D eigenvalue weighted by molar-refractivity contribution is -0.123. The molecule has 6 heteroatoms. The monoisotopic (exact) mass is 359 g/mol. The maximum atomic E-state index is 13.0. The van der Waals surface area contributed by atoms with Crippen LogP contribution in [0.2, 0.25) is 0 Å². The average molecular weight is 359 g/mol. The molecule has 5 nitrogen and oxygen atoms in total. The molecule has 1 N–H and O–H groups in total. The lowest BCUT2D eigenvalue weighted by Gasteiger charge is -2.34. The second kappa shape index (κ2) is 7.35. The quantitative estimate of drug-likeness (QED) is 0.844. The van der Waals surface area contributed by atoms with E-state index < -0.39 is 0 Å². The Morgan fingerprint density at radius 2 is 1.58 bits per heavy atom. The van der Waals surface area contributed by atoms with Crippen LogP contribution in [-0.4, -0.2) is 60.4 Å². The summed E-state index contributed by atoms with van der Waals surface area (Å²) in [6, 6.07) is 6.05. The predicted octanol–water partition coefficient (Wildman–Crippen LogP) is 1.89. The first-order valence-corrected chi connectivity index (χ1v) is 9.67. The minimum Gasteiger partial charge on any atom is -0.352 e. The molecular formula is C20H26FN3O2. The fourth-order valence-electron chi connectivity index (χ4n) is 3.85. The molecule has 0 unspecified atom stereocenters. The summed E-state index contributed by atoms with van der Waals surface area (Å²) < 4.78 is 13.0. The third-order valence-electron chi connectivity index (χ3n) is 5.71. The maximum absolute atomic E-state index is 13.0. The van der Waals surface area contributed by atoms with Crippen molar-refractivity contribution in [3.63, 3.8) is 0 Å². The van der Waals surface area contributed by atoms with E-state index in [9.17, 15) is 14.0 Å². The molecule has 1 aliphatic heterocycles. The largest absolute Gasteiger partial charge is 0.352 e. The zero-order valence-electron chi connectivity index (χ0n) is 15.0. The van der Waals surface area contributed by atoms with Crippen LogP contribution in [0.15, 0.2) is 24.3 Å². The van der Waals surface area contributed by atoms with Gasteiger partial charge in [0.15, 0.2) is 0 Å². The van der Waals surface area contributed by atoms with Crippen molar-refractivity contribution >= 4 is 11.8 Å². The van der Waals surface area contributed by atoms with Gasteiger partial charge in [-0.15, -0.1) is 0 Å². The van der Waals surface area contributed by atoms with Crippen molar-refractivity contribution in [1.29, 1.82) is 0 Å². The molecule has 2 aliphatic carbocycles. The van der Waals surface area contributed by atoms with Crippen LogP contribution in [0.3, 0.4) is 0 Å². The van der Waals surface area contributed by atoms with Gasteiger partial charge in [-0.1, -0.05) is 0 Å². The van der Waals surface area contributed by atoms with Crippen LogP contribution in [0.25, 0.3) is 0 Å². The van der Waals surface area contributed by atoms with E-state index in [0.29, 0.717) is 56.2 Å². The van der Waals surface area contributed by atoms with E-state index in [1.165, 1.54) is 49.9 Å². The van der Waals surface area contributed by atoms with Gasteiger partial charge in [-0.25, -0.2) is 4.39 Å². The molecular weight excluding hydrogens is 333 g/mol. The molecule has 1 aromatic carbocycles. The van der Waals surface area contributed by atoms with Crippen LogP contribution in [-0.2, 0) is 4.79 Å². The number of hydrogen-bond donors (Lipinski definition) is 1. The fourth-order valence-corrected chi connectivity index (χ4v) is 3.85. The van der Waals surface area contributed by atoms with Crippen molar-refractivity contribution < 1.29 is 14.0 Å². The number of halogens is 1. The van der Waals surface area contributed by atoms with Gasteiger partial charge in [0.25, 0.3) is 5.91 Å². The number of carbonyl (C=O) groups is 2. The zero-order chi connectivity index (χ0) is 18.1. The molecule has 2 amide bonds. The molecule has 0 bridgehead atoms. The predicted molar refractivity (Wildman–Crippen MR) is 96.1 cm³/mol. The van der Waals surface area contributed by atoms with Crippen LogP contribution in [0, 0.1) is 17.7 Å². The number of piperazine rings is 1. The minimum absolute atomic E-state index is 0.0726. The van der Waals surface area contributed by atoms with E-state index in [1.807, 2.05) is 0 Å². The fraction of sp³-hybridized carbons (Fsp3) is 0.600. The minimum atomic E-state index is -0.340. The van der Waals surface area contributed by atoms with Gasteiger partial charge in [0.1, 0.15) is 5.82 Å². The summed E-state index contributed by atoms with van der Waals surface area (Å²) in [4.78, 5) is 28.7. The smallest absolute Gasteiger partial charge is 0.253 e. The molecule has 1 saturated heterocycles. The highest BCUT2D eigenvalue weighted by Crippen LogP contribution is 2.44. The van der Waals surface area contributed by atoms with Crippen molar-refractivity contribution in [3.8, 4) is 0 Å². The molecule has 3 fully saturated rings. The lowest BCUT2D eigenvalue weighted by atomic mass is 10.1. The number of amides is 2. The van der Waals surface area contributed by atoms with Gasteiger partial charge in [0.2, 0.25) is 5.91 Å². The molecule has 140 valence electrons. The number of nitrogens with one attached hydrogen (secondary N) is 1. The first-order valence-electron chi connectivity index (χ1n) is 9.67. The first-order chi connectivity index (χ1) is 12.6. The second-order valence-electron chi connectivity index (χ2n) is 7.84. The van der Waals surface area contributed by atoms with Gasteiger partial charge in [-0.05, 0) is 61.8 Å². The molecule has 1 aromatic rings. The number of carbonyl (C=O) groups excluding carboxylic acids is 2. The number of benzene rings is 1. The zero-order valence-corrected chi connectivity index (χ0v) is 15.0. The number of rotatable bonds is 6. The van der Waals surface area contributed by atoms with Crippen LogP contribution in [0.4, 0.5) is 4.39 Å². The van der Waals surface area contributed by atoms with Crippen molar-refractivity contribution in [2.45, 2.75) is 31.7 Å². The molecule has 3 aliphatic rings. The summed E-state index contributed by atoms with van der Waals surface area (Å²) in [6.07, 6.45) is 5.02. The molecule has 1 heterocycles. The Bertz CT molecular complexity index is 650. The van der Waals surface area contributed by atoms with E-state index in [1.54, 1.807) is 4.90 Å². The maximum Gasteiger partial charge on any atom is 0.253 e. The Kier molecular flexibility index (Phi) is 4.94. The van der Waals surface area contributed by atoms with Gasteiger partial charge in [0.05, 0.1) is 6.54 Å². The Balaban J connectivity index is 1.23. The Labute approximate surface area is 153 Å². The SMILES string of the molecule is O=C(CN1CCN(C(=O)c2ccc(F)cc2)CC1)NC(C1CC1)C1CC1. The highest BCUT2D eigenvalue weighted by Gasteiger charge is 2.42. The summed E-state index contributed by atoms with van der Waals surface area (Å²) in [7, 11) is 0. The van der Waals surface area contributed by atoms with Crippen LogP contribution in [0.1, 0.15) is 36.0 Å². The average Bonchev–Trinajstić information content (AvgIpc) is 3.54. The van der Waals surface area contributed by atoms with E-state index in [-0.39, 0.29) is 17.6 Å². The molecule has 0 atom stereocenters. The van der Waals surface area contributed by atoms with Gasteiger partial charge >= 0.3 is 0 Å². The Hall–Kier alpha value is -1.95.